The van der Waals surface area contributed by atoms with Gasteiger partial charge in [0.1, 0.15) is 6.10 Å². The number of nitrogens with zero attached hydrogens (tertiary/aromatic N) is 1. The van der Waals surface area contributed by atoms with Gasteiger partial charge in [0.15, 0.2) is 0 Å². The largest absolute Gasteiger partial charge is 0.460 e. The van der Waals surface area contributed by atoms with E-state index in [1.807, 2.05) is 0 Å². The average Bonchev–Trinajstić information content (AvgIpc) is 2.29. The van der Waals surface area contributed by atoms with Gasteiger partial charge in [-0.25, -0.2) is 0 Å². The molecule has 0 amide bonds. The van der Waals surface area contributed by atoms with Crippen LogP contribution in [0.4, 0.5) is 0 Å². The topological polar surface area (TPSA) is 29.5 Å². The van der Waals surface area contributed by atoms with Gasteiger partial charge in [0.05, 0.1) is 5.92 Å². The Morgan fingerprint density at radius 2 is 2.13 bits per heavy atom. The van der Waals surface area contributed by atoms with Crippen LogP contribution in [0.3, 0.4) is 0 Å². The zero-order valence-corrected chi connectivity index (χ0v) is 9.32. The number of hydrogen-bond donors (Lipinski definition) is 0. The zero-order chi connectivity index (χ0) is 10.4. The van der Waals surface area contributed by atoms with E-state index in [1.54, 1.807) is 0 Å². The van der Waals surface area contributed by atoms with Crippen molar-refractivity contribution in [1.82, 2.24) is 4.90 Å². The number of esters is 1. The first kappa shape index (κ1) is 9.64. The summed E-state index contributed by atoms with van der Waals surface area (Å²) in [5.74, 6) is 0.875. The average molecular weight is 209 g/mol. The minimum absolute atomic E-state index is 0.0625. The maximum atomic E-state index is 11.7. The van der Waals surface area contributed by atoms with E-state index in [0.717, 1.165) is 12.8 Å². The molecule has 3 heteroatoms. The standard InChI is InChI=1S/C12H19NO2/c1-2-8-7-10-11(15-12(8)14)9-3-5-13(10)6-4-9/h8-11H,2-7H2,1H3. The molecule has 0 aliphatic carbocycles. The minimum atomic E-state index is 0.0625. The van der Waals surface area contributed by atoms with Gasteiger partial charge in [-0.1, -0.05) is 6.92 Å². The summed E-state index contributed by atoms with van der Waals surface area (Å²) in [5.41, 5.74) is 0. The van der Waals surface area contributed by atoms with Crippen LogP contribution in [0.1, 0.15) is 32.6 Å². The van der Waals surface area contributed by atoms with Crippen molar-refractivity contribution in [3.05, 3.63) is 0 Å². The predicted molar refractivity (Wildman–Crippen MR) is 56.4 cm³/mol. The molecule has 4 aliphatic rings. The smallest absolute Gasteiger partial charge is 0.309 e. The summed E-state index contributed by atoms with van der Waals surface area (Å²) in [6, 6.07) is 0.542. The third-order valence-electron chi connectivity index (χ3n) is 4.49. The SMILES string of the molecule is CCC1CC2C(OC1=O)C1CCN2CC1. The van der Waals surface area contributed by atoms with E-state index in [4.69, 9.17) is 4.74 Å². The van der Waals surface area contributed by atoms with Crippen LogP contribution in [0, 0.1) is 11.8 Å². The van der Waals surface area contributed by atoms with Gasteiger partial charge < -0.3 is 4.74 Å². The maximum absolute atomic E-state index is 11.7. The highest BCUT2D eigenvalue weighted by Gasteiger charge is 2.48. The van der Waals surface area contributed by atoms with E-state index in [2.05, 4.69) is 11.8 Å². The Bertz CT molecular complexity index is 271. The van der Waals surface area contributed by atoms with Gasteiger partial charge in [-0.15, -0.1) is 0 Å². The van der Waals surface area contributed by atoms with Crippen molar-refractivity contribution < 1.29 is 9.53 Å². The van der Waals surface area contributed by atoms with Gasteiger partial charge in [-0.3, -0.25) is 9.69 Å². The molecule has 2 bridgehead atoms. The van der Waals surface area contributed by atoms with Gasteiger partial charge in [-0.2, -0.15) is 0 Å². The Kier molecular flexibility index (Phi) is 2.23. The van der Waals surface area contributed by atoms with E-state index in [1.165, 1.54) is 25.9 Å². The van der Waals surface area contributed by atoms with Crippen LogP contribution in [0.15, 0.2) is 0 Å². The van der Waals surface area contributed by atoms with Crippen molar-refractivity contribution in [3.63, 3.8) is 0 Å². The molecule has 0 radical (unpaired) electrons. The van der Waals surface area contributed by atoms with Gasteiger partial charge in [-0.05, 0) is 44.7 Å². The summed E-state index contributed by atoms with van der Waals surface area (Å²) in [6.45, 7) is 4.53. The number of ether oxygens (including phenoxy) is 1. The Morgan fingerprint density at radius 1 is 1.40 bits per heavy atom. The quantitative estimate of drug-likeness (QED) is 0.612. The van der Waals surface area contributed by atoms with E-state index < -0.39 is 0 Å². The van der Waals surface area contributed by atoms with Gasteiger partial charge in [0.2, 0.25) is 0 Å². The summed E-state index contributed by atoms with van der Waals surface area (Å²) in [4.78, 5) is 14.3. The third-order valence-corrected chi connectivity index (χ3v) is 4.49. The highest BCUT2D eigenvalue weighted by atomic mass is 16.5. The fourth-order valence-electron chi connectivity index (χ4n) is 3.51. The molecule has 0 saturated carbocycles. The molecule has 0 N–H and O–H groups in total. The summed E-state index contributed by atoms with van der Waals surface area (Å²) in [7, 11) is 0. The van der Waals surface area contributed by atoms with Crippen molar-refractivity contribution in [2.45, 2.75) is 44.8 Å². The zero-order valence-electron chi connectivity index (χ0n) is 9.32. The van der Waals surface area contributed by atoms with Crippen LogP contribution >= 0.6 is 0 Å². The summed E-state index contributed by atoms with van der Waals surface area (Å²) in [5, 5.41) is 0. The number of fused-ring (bicyclic) bond motifs is 2. The minimum Gasteiger partial charge on any atom is -0.460 e. The monoisotopic (exact) mass is 209 g/mol. The van der Waals surface area contributed by atoms with Crippen LogP contribution in [0.5, 0.6) is 0 Å². The number of carbonyl (C=O) groups excluding carboxylic acids is 1. The third kappa shape index (κ3) is 1.40. The first-order valence-corrected chi connectivity index (χ1v) is 6.24. The molecule has 4 fully saturated rings. The normalized spacial score (nSPS) is 48.6. The van der Waals surface area contributed by atoms with Crippen LogP contribution in [0.25, 0.3) is 0 Å². The molecule has 3 unspecified atom stereocenters. The maximum Gasteiger partial charge on any atom is 0.309 e. The fraction of sp³-hybridized carbons (Fsp3) is 0.917. The van der Waals surface area contributed by atoms with Gasteiger partial charge >= 0.3 is 5.97 Å². The molecule has 3 nitrogen and oxygen atoms in total. The lowest BCUT2D eigenvalue weighted by molar-refractivity contribution is -0.185. The van der Waals surface area contributed by atoms with E-state index in [0.29, 0.717) is 12.0 Å². The van der Waals surface area contributed by atoms with E-state index in [9.17, 15) is 4.79 Å². The van der Waals surface area contributed by atoms with Crippen molar-refractivity contribution >= 4 is 5.97 Å². The van der Waals surface area contributed by atoms with Crippen molar-refractivity contribution in [1.29, 1.82) is 0 Å². The molecule has 4 aliphatic heterocycles. The highest BCUT2D eigenvalue weighted by molar-refractivity contribution is 5.73. The molecule has 0 spiro atoms. The van der Waals surface area contributed by atoms with Crippen LogP contribution < -0.4 is 0 Å². The molecular weight excluding hydrogens is 190 g/mol. The summed E-state index contributed by atoms with van der Waals surface area (Å²) in [6.07, 6.45) is 4.65. The molecule has 4 rings (SSSR count). The highest BCUT2D eigenvalue weighted by Crippen LogP contribution is 2.40. The molecule has 3 atom stereocenters. The molecule has 4 heterocycles. The van der Waals surface area contributed by atoms with Crippen molar-refractivity contribution in [2.75, 3.05) is 13.1 Å². The lowest BCUT2D eigenvalue weighted by Gasteiger charge is -2.53. The molecular formula is C12H19NO2. The number of piperidine rings is 3. The van der Waals surface area contributed by atoms with Crippen LogP contribution in [-0.4, -0.2) is 36.1 Å². The Balaban J connectivity index is 1.81. The molecule has 15 heavy (non-hydrogen) atoms. The van der Waals surface area contributed by atoms with Gasteiger partial charge in [0, 0.05) is 6.04 Å². The first-order chi connectivity index (χ1) is 7.29. The van der Waals surface area contributed by atoms with E-state index >= 15 is 0 Å². The number of carbonyl (C=O) groups is 1. The molecule has 0 aromatic rings. The fourth-order valence-corrected chi connectivity index (χ4v) is 3.51. The lowest BCUT2D eigenvalue weighted by atomic mass is 9.75. The summed E-state index contributed by atoms with van der Waals surface area (Å²) >= 11 is 0. The molecule has 0 aromatic carbocycles. The second-order valence-corrected chi connectivity index (χ2v) is 5.18. The Labute approximate surface area is 90.8 Å². The van der Waals surface area contributed by atoms with Crippen LogP contribution in [0.2, 0.25) is 0 Å². The van der Waals surface area contributed by atoms with Crippen LogP contribution in [-0.2, 0) is 9.53 Å². The Hall–Kier alpha value is -0.570. The molecule has 0 aromatic heterocycles. The first-order valence-electron chi connectivity index (χ1n) is 6.24. The lowest BCUT2D eigenvalue weighted by Crippen LogP contribution is -2.62. The molecule has 84 valence electrons. The Morgan fingerprint density at radius 3 is 2.80 bits per heavy atom. The van der Waals surface area contributed by atoms with Crippen molar-refractivity contribution in [2.24, 2.45) is 11.8 Å². The molecule has 4 saturated heterocycles. The van der Waals surface area contributed by atoms with Gasteiger partial charge in [0.25, 0.3) is 0 Å². The number of rotatable bonds is 1. The number of hydrogen-bond acceptors (Lipinski definition) is 3. The predicted octanol–water partition coefficient (Wildman–Crippen LogP) is 1.42. The summed E-state index contributed by atoms with van der Waals surface area (Å²) < 4.78 is 5.65. The second-order valence-electron chi connectivity index (χ2n) is 5.18. The second kappa shape index (κ2) is 3.48. The van der Waals surface area contributed by atoms with Crippen molar-refractivity contribution in [3.8, 4) is 0 Å². The van der Waals surface area contributed by atoms with E-state index in [-0.39, 0.29) is 18.0 Å².